The summed E-state index contributed by atoms with van der Waals surface area (Å²) in [6, 6.07) is 5.01. The molecule has 0 heterocycles. The Bertz CT molecular complexity index is 413. The summed E-state index contributed by atoms with van der Waals surface area (Å²) >= 11 is 3.36. The quantitative estimate of drug-likeness (QED) is 0.866. The third-order valence-corrected chi connectivity index (χ3v) is 4.52. The highest BCUT2D eigenvalue weighted by Gasteiger charge is 2.23. The molecular formula is C15H21BrFNO. The van der Waals surface area contributed by atoms with Crippen LogP contribution in [-0.4, -0.2) is 18.3 Å². The summed E-state index contributed by atoms with van der Waals surface area (Å²) < 4.78 is 14.5. The van der Waals surface area contributed by atoms with E-state index in [4.69, 9.17) is 0 Å². The molecule has 19 heavy (non-hydrogen) atoms. The van der Waals surface area contributed by atoms with E-state index in [-0.39, 0.29) is 12.4 Å². The van der Waals surface area contributed by atoms with Crippen LogP contribution in [0.2, 0.25) is 0 Å². The summed E-state index contributed by atoms with van der Waals surface area (Å²) in [4.78, 5) is 0. The van der Waals surface area contributed by atoms with Gasteiger partial charge in [0.15, 0.2) is 0 Å². The normalized spacial score (nSPS) is 23.5. The van der Waals surface area contributed by atoms with Crippen LogP contribution in [0.25, 0.3) is 0 Å². The highest BCUT2D eigenvalue weighted by Crippen LogP contribution is 2.29. The van der Waals surface area contributed by atoms with Crippen molar-refractivity contribution in [2.75, 3.05) is 13.2 Å². The molecule has 2 rings (SSSR count). The molecule has 4 heteroatoms. The van der Waals surface area contributed by atoms with Crippen molar-refractivity contribution in [2.24, 2.45) is 11.8 Å². The fourth-order valence-corrected chi connectivity index (χ4v) is 3.27. The molecule has 1 aliphatic rings. The van der Waals surface area contributed by atoms with Crippen LogP contribution in [0.4, 0.5) is 4.39 Å². The van der Waals surface area contributed by atoms with Crippen LogP contribution >= 0.6 is 15.9 Å². The molecular weight excluding hydrogens is 309 g/mol. The first-order chi connectivity index (χ1) is 9.20. The highest BCUT2D eigenvalue weighted by molar-refractivity contribution is 9.10. The van der Waals surface area contributed by atoms with E-state index in [0.29, 0.717) is 23.9 Å². The van der Waals surface area contributed by atoms with Gasteiger partial charge in [-0.1, -0.05) is 28.8 Å². The Balaban J connectivity index is 1.83. The van der Waals surface area contributed by atoms with Crippen molar-refractivity contribution in [3.63, 3.8) is 0 Å². The van der Waals surface area contributed by atoms with E-state index in [9.17, 15) is 9.50 Å². The predicted octanol–water partition coefficient (Wildman–Crippen LogP) is 3.48. The van der Waals surface area contributed by atoms with Gasteiger partial charge in [-0.3, -0.25) is 0 Å². The lowest BCUT2D eigenvalue weighted by atomic mass is 9.79. The Morgan fingerprint density at radius 1 is 1.26 bits per heavy atom. The molecule has 1 aromatic rings. The van der Waals surface area contributed by atoms with E-state index in [1.165, 1.54) is 25.3 Å². The molecule has 1 aliphatic carbocycles. The van der Waals surface area contributed by atoms with Gasteiger partial charge in [-0.25, -0.2) is 4.39 Å². The van der Waals surface area contributed by atoms with Gasteiger partial charge in [0, 0.05) is 23.2 Å². The highest BCUT2D eigenvalue weighted by atomic mass is 79.9. The monoisotopic (exact) mass is 329 g/mol. The number of benzene rings is 1. The molecule has 0 bridgehead atoms. The predicted molar refractivity (Wildman–Crippen MR) is 78.3 cm³/mol. The molecule has 2 atom stereocenters. The van der Waals surface area contributed by atoms with Gasteiger partial charge in [-0.2, -0.15) is 0 Å². The van der Waals surface area contributed by atoms with Crippen LogP contribution in [-0.2, 0) is 6.54 Å². The summed E-state index contributed by atoms with van der Waals surface area (Å²) in [6.07, 6.45) is 4.75. The van der Waals surface area contributed by atoms with Crippen molar-refractivity contribution < 1.29 is 9.50 Å². The Hall–Kier alpha value is -0.450. The summed E-state index contributed by atoms with van der Waals surface area (Å²) in [5.41, 5.74) is 0.686. The Morgan fingerprint density at radius 3 is 2.74 bits per heavy atom. The molecule has 2 N–H and O–H groups in total. The zero-order valence-electron chi connectivity index (χ0n) is 11.0. The first-order valence-electron chi connectivity index (χ1n) is 6.96. The van der Waals surface area contributed by atoms with Crippen molar-refractivity contribution in [3.8, 4) is 0 Å². The van der Waals surface area contributed by atoms with Crippen LogP contribution in [0, 0.1) is 17.7 Å². The third kappa shape index (κ3) is 4.26. The summed E-state index contributed by atoms with van der Waals surface area (Å²) in [7, 11) is 0. The smallest absolute Gasteiger partial charge is 0.127 e. The van der Waals surface area contributed by atoms with Gasteiger partial charge in [-0.15, -0.1) is 0 Å². The molecule has 2 nitrogen and oxygen atoms in total. The lowest BCUT2D eigenvalue weighted by Crippen LogP contribution is -2.32. The SMILES string of the molecule is OCC1CCCCC1CNCc1cc(Br)ccc1F. The summed E-state index contributed by atoms with van der Waals surface area (Å²) in [5, 5.41) is 12.7. The fraction of sp³-hybridized carbons (Fsp3) is 0.600. The number of hydrogen-bond acceptors (Lipinski definition) is 2. The Morgan fingerprint density at radius 2 is 2.00 bits per heavy atom. The summed E-state index contributed by atoms with van der Waals surface area (Å²) in [6.45, 7) is 1.68. The van der Waals surface area contributed by atoms with Gasteiger partial charge in [0.05, 0.1) is 0 Å². The average Bonchev–Trinajstić information content (AvgIpc) is 2.43. The van der Waals surface area contributed by atoms with E-state index in [0.717, 1.165) is 17.4 Å². The molecule has 0 spiro atoms. The number of halogens is 2. The molecule has 1 saturated carbocycles. The van der Waals surface area contributed by atoms with Gasteiger partial charge in [-0.05, 0) is 49.4 Å². The lowest BCUT2D eigenvalue weighted by Gasteiger charge is -2.30. The van der Waals surface area contributed by atoms with Crippen LogP contribution in [0.3, 0.4) is 0 Å². The van der Waals surface area contributed by atoms with Crippen molar-refractivity contribution >= 4 is 15.9 Å². The van der Waals surface area contributed by atoms with E-state index in [1.54, 1.807) is 6.07 Å². The standard InChI is InChI=1S/C15H21BrFNO/c16-14-5-6-15(17)13(7-14)9-18-8-11-3-1-2-4-12(11)10-19/h5-7,11-12,18-19H,1-4,8-10H2. The molecule has 2 unspecified atom stereocenters. The minimum Gasteiger partial charge on any atom is -0.396 e. The zero-order chi connectivity index (χ0) is 13.7. The molecule has 0 amide bonds. The van der Waals surface area contributed by atoms with E-state index in [2.05, 4.69) is 21.2 Å². The van der Waals surface area contributed by atoms with Crippen LogP contribution in [0.15, 0.2) is 22.7 Å². The minimum atomic E-state index is -0.168. The second-order valence-corrected chi connectivity index (χ2v) is 6.27. The van der Waals surface area contributed by atoms with Crippen LogP contribution in [0.5, 0.6) is 0 Å². The number of rotatable bonds is 5. The first kappa shape index (κ1) is 14.9. The van der Waals surface area contributed by atoms with Crippen molar-refractivity contribution in [1.82, 2.24) is 5.32 Å². The van der Waals surface area contributed by atoms with Crippen LogP contribution in [0.1, 0.15) is 31.2 Å². The largest absolute Gasteiger partial charge is 0.396 e. The molecule has 0 aromatic heterocycles. The van der Waals surface area contributed by atoms with Gasteiger partial charge >= 0.3 is 0 Å². The molecule has 1 fully saturated rings. The first-order valence-corrected chi connectivity index (χ1v) is 7.75. The Labute approximate surface area is 122 Å². The number of nitrogens with one attached hydrogen (secondary N) is 1. The lowest BCUT2D eigenvalue weighted by molar-refractivity contribution is 0.133. The molecule has 106 valence electrons. The fourth-order valence-electron chi connectivity index (χ4n) is 2.86. The summed E-state index contributed by atoms with van der Waals surface area (Å²) in [5.74, 6) is 0.764. The second-order valence-electron chi connectivity index (χ2n) is 5.35. The number of hydrogen-bond donors (Lipinski definition) is 2. The van der Waals surface area contributed by atoms with E-state index in [1.807, 2.05) is 6.07 Å². The van der Waals surface area contributed by atoms with Crippen molar-refractivity contribution in [3.05, 3.63) is 34.1 Å². The van der Waals surface area contributed by atoms with E-state index >= 15 is 0 Å². The van der Waals surface area contributed by atoms with Crippen molar-refractivity contribution in [2.45, 2.75) is 32.2 Å². The molecule has 0 radical (unpaired) electrons. The Kier molecular flexibility index (Phi) is 5.79. The number of aliphatic hydroxyl groups excluding tert-OH is 1. The maximum Gasteiger partial charge on any atom is 0.127 e. The third-order valence-electron chi connectivity index (χ3n) is 4.03. The maximum atomic E-state index is 13.6. The second kappa shape index (κ2) is 7.36. The van der Waals surface area contributed by atoms with Gasteiger partial charge in [0.25, 0.3) is 0 Å². The molecule has 0 aliphatic heterocycles. The average molecular weight is 330 g/mol. The number of aliphatic hydroxyl groups is 1. The molecule has 0 saturated heterocycles. The van der Waals surface area contributed by atoms with Gasteiger partial charge < -0.3 is 10.4 Å². The minimum absolute atomic E-state index is 0.168. The van der Waals surface area contributed by atoms with Crippen LogP contribution < -0.4 is 5.32 Å². The molecule has 1 aromatic carbocycles. The topological polar surface area (TPSA) is 32.3 Å². The zero-order valence-corrected chi connectivity index (χ0v) is 12.6. The van der Waals surface area contributed by atoms with Gasteiger partial charge in [0.2, 0.25) is 0 Å². The van der Waals surface area contributed by atoms with Gasteiger partial charge in [0.1, 0.15) is 5.82 Å². The maximum absolute atomic E-state index is 13.6. The van der Waals surface area contributed by atoms with E-state index < -0.39 is 0 Å². The van der Waals surface area contributed by atoms with Crippen molar-refractivity contribution in [1.29, 1.82) is 0 Å².